The van der Waals surface area contributed by atoms with Crippen LogP contribution in [-0.4, -0.2) is 48.6 Å². The normalized spacial score (nSPS) is 12.5. The molecule has 0 unspecified atom stereocenters. The van der Waals surface area contributed by atoms with E-state index in [-0.39, 0.29) is 12.1 Å². The number of hydrazone groups is 1. The number of amides is 3. The molecule has 0 aliphatic rings. The van der Waals surface area contributed by atoms with Crippen molar-refractivity contribution >= 4 is 18.3 Å². The predicted octanol–water partition coefficient (Wildman–Crippen LogP) is 3.94. The fourth-order valence-corrected chi connectivity index (χ4v) is 2.37. The van der Waals surface area contributed by atoms with Gasteiger partial charge in [-0.15, -0.1) is 0 Å². The van der Waals surface area contributed by atoms with Gasteiger partial charge in [-0.2, -0.15) is 5.10 Å². The molecule has 1 aromatic rings. The second kappa shape index (κ2) is 12.0. The molecule has 7 nitrogen and oxygen atoms in total. The molecule has 1 atom stereocenters. The molecule has 28 heavy (non-hydrogen) atoms. The summed E-state index contributed by atoms with van der Waals surface area (Å²) in [6, 6.07) is 9.37. The standard InChI is InChI=1S/C21H34N4O3/c1-6-7-13-18(24-20(27)28-21(2,3)4)16-23-25(5)19(26)22-15-14-17-11-9-8-10-12-17/h8-12,16,18H,6-7,13-15H2,1-5H3,(H,22,26)(H,24,27)/b23-16+/t18-/m0/s1. The van der Waals surface area contributed by atoms with Crippen LogP contribution in [0.5, 0.6) is 0 Å². The van der Waals surface area contributed by atoms with Gasteiger partial charge in [-0.25, -0.2) is 14.6 Å². The van der Waals surface area contributed by atoms with Gasteiger partial charge in [-0.05, 0) is 39.2 Å². The first kappa shape index (κ1) is 23.5. The summed E-state index contributed by atoms with van der Waals surface area (Å²) in [6.45, 7) is 8.05. The number of nitrogens with one attached hydrogen (secondary N) is 2. The van der Waals surface area contributed by atoms with Crippen molar-refractivity contribution in [2.45, 2.75) is 65.0 Å². The number of unbranched alkanes of at least 4 members (excludes halogenated alkanes) is 1. The fourth-order valence-electron chi connectivity index (χ4n) is 2.37. The SMILES string of the molecule is CCCC[C@@H](/C=N/N(C)C(=O)NCCc1ccccc1)NC(=O)OC(C)(C)C. The summed E-state index contributed by atoms with van der Waals surface area (Å²) in [5.41, 5.74) is 0.599. The van der Waals surface area contributed by atoms with Crippen molar-refractivity contribution in [3.8, 4) is 0 Å². The molecule has 156 valence electrons. The van der Waals surface area contributed by atoms with Crippen molar-refractivity contribution in [3.05, 3.63) is 35.9 Å². The molecule has 0 aliphatic heterocycles. The lowest BCUT2D eigenvalue weighted by Crippen LogP contribution is -2.41. The Labute approximate surface area is 168 Å². The van der Waals surface area contributed by atoms with Crippen molar-refractivity contribution in [1.82, 2.24) is 15.6 Å². The summed E-state index contributed by atoms with van der Waals surface area (Å²) in [7, 11) is 1.58. The molecule has 0 radical (unpaired) electrons. The second-order valence-electron chi connectivity index (χ2n) is 7.65. The average Bonchev–Trinajstić information content (AvgIpc) is 2.62. The molecule has 0 aliphatic carbocycles. The van der Waals surface area contributed by atoms with E-state index >= 15 is 0 Å². The van der Waals surface area contributed by atoms with Crippen LogP contribution in [0.4, 0.5) is 9.59 Å². The Balaban J connectivity index is 2.50. The van der Waals surface area contributed by atoms with Crippen LogP contribution in [0.3, 0.4) is 0 Å². The first-order valence-corrected chi connectivity index (χ1v) is 9.80. The molecule has 0 saturated heterocycles. The summed E-state index contributed by atoms with van der Waals surface area (Å²) in [5.74, 6) is 0. The van der Waals surface area contributed by atoms with Gasteiger partial charge in [0.15, 0.2) is 0 Å². The summed E-state index contributed by atoms with van der Waals surface area (Å²) in [5, 5.41) is 11.0. The highest BCUT2D eigenvalue weighted by Gasteiger charge is 2.18. The van der Waals surface area contributed by atoms with Crippen LogP contribution in [0.2, 0.25) is 0 Å². The number of urea groups is 1. The van der Waals surface area contributed by atoms with Crippen LogP contribution in [0.25, 0.3) is 0 Å². The number of ether oxygens (including phenoxy) is 1. The molecule has 1 aromatic carbocycles. The number of hydrogen-bond acceptors (Lipinski definition) is 4. The molecule has 0 spiro atoms. The maximum absolute atomic E-state index is 12.2. The van der Waals surface area contributed by atoms with Gasteiger partial charge in [0.25, 0.3) is 0 Å². The van der Waals surface area contributed by atoms with E-state index in [9.17, 15) is 9.59 Å². The first-order valence-electron chi connectivity index (χ1n) is 9.80. The van der Waals surface area contributed by atoms with Crippen LogP contribution in [0.15, 0.2) is 35.4 Å². The number of nitrogens with zero attached hydrogens (tertiary/aromatic N) is 2. The highest BCUT2D eigenvalue weighted by Crippen LogP contribution is 2.08. The van der Waals surface area contributed by atoms with Crippen LogP contribution in [0, 0.1) is 0 Å². The third-order valence-corrected chi connectivity index (χ3v) is 3.82. The van der Waals surface area contributed by atoms with Gasteiger partial charge in [0, 0.05) is 19.8 Å². The number of benzene rings is 1. The third kappa shape index (κ3) is 10.5. The molecule has 0 saturated carbocycles. The molecule has 0 heterocycles. The molecule has 0 bridgehead atoms. The Morgan fingerprint density at radius 2 is 1.93 bits per heavy atom. The molecule has 7 heteroatoms. The monoisotopic (exact) mass is 390 g/mol. The van der Waals surface area contributed by atoms with E-state index in [1.54, 1.807) is 13.3 Å². The van der Waals surface area contributed by atoms with Crippen LogP contribution in [-0.2, 0) is 11.2 Å². The minimum Gasteiger partial charge on any atom is -0.444 e. The molecule has 2 N–H and O–H groups in total. The van der Waals surface area contributed by atoms with Crippen molar-refractivity contribution in [2.75, 3.05) is 13.6 Å². The second-order valence-corrected chi connectivity index (χ2v) is 7.65. The van der Waals surface area contributed by atoms with Gasteiger partial charge in [0.05, 0.1) is 6.04 Å². The van der Waals surface area contributed by atoms with Gasteiger partial charge >= 0.3 is 12.1 Å². The van der Waals surface area contributed by atoms with E-state index in [1.807, 2.05) is 51.1 Å². The van der Waals surface area contributed by atoms with E-state index in [2.05, 4.69) is 22.7 Å². The third-order valence-electron chi connectivity index (χ3n) is 3.82. The largest absolute Gasteiger partial charge is 0.444 e. The maximum Gasteiger partial charge on any atom is 0.408 e. The van der Waals surface area contributed by atoms with Crippen molar-refractivity contribution in [3.63, 3.8) is 0 Å². The molecule has 1 rings (SSSR count). The molecule has 0 aromatic heterocycles. The number of carbonyl (C=O) groups is 2. The summed E-state index contributed by atoms with van der Waals surface area (Å²) < 4.78 is 5.29. The maximum atomic E-state index is 12.2. The van der Waals surface area contributed by atoms with Gasteiger partial charge in [-0.3, -0.25) is 0 Å². The highest BCUT2D eigenvalue weighted by atomic mass is 16.6. The van der Waals surface area contributed by atoms with Crippen LogP contribution < -0.4 is 10.6 Å². The predicted molar refractivity (Wildman–Crippen MR) is 112 cm³/mol. The molecule has 0 fully saturated rings. The lowest BCUT2D eigenvalue weighted by molar-refractivity contribution is 0.0516. The van der Waals surface area contributed by atoms with E-state index in [4.69, 9.17) is 4.74 Å². The molecule has 3 amide bonds. The highest BCUT2D eigenvalue weighted by molar-refractivity contribution is 5.78. The minimum atomic E-state index is -0.564. The number of alkyl carbamates (subject to hydrolysis) is 1. The minimum absolute atomic E-state index is 0.293. The lowest BCUT2D eigenvalue weighted by Gasteiger charge is -2.22. The quantitative estimate of drug-likeness (QED) is 0.495. The van der Waals surface area contributed by atoms with Gasteiger partial charge in [0.1, 0.15) is 5.60 Å². The smallest absolute Gasteiger partial charge is 0.408 e. The zero-order valence-electron chi connectivity index (χ0n) is 17.7. The number of carbonyl (C=O) groups excluding carboxylic acids is 2. The van der Waals surface area contributed by atoms with Crippen molar-refractivity contribution < 1.29 is 14.3 Å². The average molecular weight is 391 g/mol. The Hall–Kier alpha value is -2.57. The van der Waals surface area contributed by atoms with E-state index < -0.39 is 11.7 Å². The lowest BCUT2D eigenvalue weighted by atomic mass is 10.1. The first-order chi connectivity index (χ1) is 13.2. The Morgan fingerprint density at radius 1 is 1.25 bits per heavy atom. The van der Waals surface area contributed by atoms with E-state index in [1.165, 1.54) is 5.01 Å². The Bertz CT molecular complexity index is 626. The topological polar surface area (TPSA) is 83.0 Å². The van der Waals surface area contributed by atoms with Crippen molar-refractivity contribution in [2.24, 2.45) is 5.10 Å². The van der Waals surface area contributed by atoms with Gasteiger partial charge in [-0.1, -0.05) is 50.1 Å². The molecular weight excluding hydrogens is 356 g/mol. The van der Waals surface area contributed by atoms with E-state index in [0.29, 0.717) is 6.54 Å². The summed E-state index contributed by atoms with van der Waals surface area (Å²) in [4.78, 5) is 24.2. The number of hydrogen-bond donors (Lipinski definition) is 2. The summed E-state index contributed by atoms with van der Waals surface area (Å²) >= 11 is 0. The fraction of sp³-hybridized carbons (Fsp3) is 0.571. The van der Waals surface area contributed by atoms with Gasteiger partial charge in [0.2, 0.25) is 0 Å². The van der Waals surface area contributed by atoms with Gasteiger partial charge < -0.3 is 15.4 Å². The Morgan fingerprint density at radius 3 is 2.54 bits per heavy atom. The Kier molecular flexibility index (Phi) is 10.1. The van der Waals surface area contributed by atoms with Crippen LogP contribution >= 0.6 is 0 Å². The zero-order valence-corrected chi connectivity index (χ0v) is 17.7. The number of rotatable bonds is 9. The summed E-state index contributed by atoms with van der Waals surface area (Å²) in [6.07, 6.45) is 4.49. The molecular formula is C21H34N4O3. The zero-order chi connectivity index (χ0) is 21.0. The van der Waals surface area contributed by atoms with E-state index in [0.717, 1.165) is 31.2 Å². The van der Waals surface area contributed by atoms with Crippen LogP contribution in [0.1, 0.15) is 52.5 Å². The van der Waals surface area contributed by atoms with Crippen molar-refractivity contribution in [1.29, 1.82) is 0 Å².